The van der Waals surface area contributed by atoms with Gasteiger partial charge in [-0.3, -0.25) is 0 Å². The molecule has 0 aliphatic rings. The van der Waals surface area contributed by atoms with Gasteiger partial charge in [0.1, 0.15) is 12.4 Å². The first-order chi connectivity index (χ1) is 13.8. The highest BCUT2D eigenvalue weighted by molar-refractivity contribution is 5.80. The maximum absolute atomic E-state index is 13.8. The summed E-state index contributed by atoms with van der Waals surface area (Å²) in [5.74, 6) is -6.95. The summed E-state index contributed by atoms with van der Waals surface area (Å²) in [7, 11) is 1.39. The second-order valence-electron chi connectivity index (χ2n) is 5.99. The summed E-state index contributed by atoms with van der Waals surface area (Å²) in [6.45, 7) is 1.35. The van der Waals surface area contributed by atoms with Gasteiger partial charge in [0.25, 0.3) is 0 Å². The largest absolute Gasteiger partial charge is 0.496 e. The number of aromatic nitrogens is 2. The first kappa shape index (κ1) is 20.2. The van der Waals surface area contributed by atoms with Crippen molar-refractivity contribution in [3.05, 3.63) is 70.6 Å². The Bertz CT molecular complexity index is 1060. The lowest BCUT2D eigenvalue weighted by Gasteiger charge is -2.12. The molecule has 10 heteroatoms. The van der Waals surface area contributed by atoms with Gasteiger partial charge < -0.3 is 15.2 Å². The van der Waals surface area contributed by atoms with Gasteiger partial charge in [-0.1, -0.05) is 0 Å². The van der Waals surface area contributed by atoms with Crippen LogP contribution in [0.25, 0.3) is 0 Å². The summed E-state index contributed by atoms with van der Waals surface area (Å²) in [5.41, 5.74) is 7.36. The Balaban J connectivity index is 1.86. The fourth-order valence-electron chi connectivity index (χ4n) is 2.54. The number of benzene rings is 2. The highest BCUT2D eigenvalue weighted by Gasteiger charge is 2.21. The van der Waals surface area contributed by atoms with Gasteiger partial charge >= 0.3 is 0 Å². The highest BCUT2D eigenvalue weighted by atomic mass is 19.2. The van der Waals surface area contributed by atoms with E-state index < -0.39 is 35.6 Å². The van der Waals surface area contributed by atoms with Crippen molar-refractivity contribution >= 4 is 12.2 Å². The molecule has 0 fully saturated rings. The average Bonchev–Trinajstić information content (AvgIpc) is 3.02. The zero-order valence-electron chi connectivity index (χ0n) is 15.4. The smallest absolute Gasteiger partial charge is 0.221 e. The number of halogens is 4. The number of hydrogen-bond donors (Lipinski definition) is 1. The van der Waals surface area contributed by atoms with Crippen LogP contribution in [0.5, 0.6) is 11.5 Å². The lowest BCUT2D eigenvalue weighted by Crippen LogP contribution is -2.05. The Morgan fingerprint density at radius 1 is 1.14 bits per heavy atom. The maximum Gasteiger partial charge on any atom is 0.221 e. The van der Waals surface area contributed by atoms with Crippen LogP contribution in [-0.2, 0) is 6.61 Å². The van der Waals surface area contributed by atoms with Gasteiger partial charge in [-0.15, -0.1) is 0 Å². The van der Waals surface area contributed by atoms with Crippen LogP contribution in [0, 0.1) is 30.2 Å². The number of nitrogens with zero attached hydrogens (tertiary/aromatic N) is 3. The molecule has 0 spiro atoms. The van der Waals surface area contributed by atoms with E-state index in [1.54, 1.807) is 31.3 Å². The predicted octanol–water partition coefficient (Wildman–Crippen LogP) is 3.80. The lowest BCUT2D eigenvalue weighted by molar-refractivity contribution is 0.256. The molecule has 0 aliphatic carbocycles. The molecule has 0 amide bonds. The molecule has 0 bridgehead atoms. The van der Waals surface area contributed by atoms with E-state index in [-0.39, 0.29) is 12.0 Å². The second-order valence-corrected chi connectivity index (χ2v) is 5.99. The van der Waals surface area contributed by atoms with Gasteiger partial charge in [-0.2, -0.15) is 13.9 Å². The molecule has 0 atom stereocenters. The SMILES string of the molecule is COc1ccc(C=Nn2cc(C)nc2N)cc1COc1c(F)c(F)cc(F)c1F. The summed E-state index contributed by atoms with van der Waals surface area (Å²) in [4.78, 5) is 4.02. The molecule has 0 unspecified atom stereocenters. The number of nitrogens with two attached hydrogens (primary N) is 1. The second kappa shape index (κ2) is 8.21. The lowest BCUT2D eigenvalue weighted by atomic mass is 10.1. The number of nitrogen functional groups attached to an aromatic ring is 1. The van der Waals surface area contributed by atoms with Crippen LogP contribution in [0.1, 0.15) is 16.8 Å². The Kier molecular flexibility index (Phi) is 5.71. The average molecular weight is 408 g/mol. The normalized spacial score (nSPS) is 11.2. The van der Waals surface area contributed by atoms with Crippen LogP contribution < -0.4 is 15.2 Å². The monoisotopic (exact) mass is 408 g/mol. The molecule has 1 heterocycles. The zero-order chi connectivity index (χ0) is 21.1. The van der Waals surface area contributed by atoms with Crippen molar-refractivity contribution in [1.29, 1.82) is 0 Å². The van der Waals surface area contributed by atoms with Gasteiger partial charge in [-0.05, 0) is 30.7 Å². The molecule has 3 rings (SSSR count). The topological polar surface area (TPSA) is 74.7 Å². The molecule has 0 saturated carbocycles. The molecule has 2 aromatic carbocycles. The van der Waals surface area contributed by atoms with Crippen LogP contribution in [0.4, 0.5) is 23.5 Å². The molecule has 2 N–H and O–H groups in total. The summed E-state index contributed by atoms with van der Waals surface area (Å²) < 4.78 is 65.8. The molecule has 152 valence electrons. The summed E-state index contributed by atoms with van der Waals surface area (Å²) in [6, 6.07) is 4.95. The molecule has 0 radical (unpaired) electrons. The molecule has 0 aliphatic heterocycles. The van der Waals surface area contributed by atoms with Gasteiger partial charge in [0.2, 0.25) is 17.6 Å². The molecular formula is C19H16F4N4O2. The minimum Gasteiger partial charge on any atom is -0.496 e. The van der Waals surface area contributed by atoms with E-state index >= 15 is 0 Å². The van der Waals surface area contributed by atoms with Crippen LogP contribution in [0.3, 0.4) is 0 Å². The van der Waals surface area contributed by atoms with Gasteiger partial charge in [0, 0.05) is 11.6 Å². The molecule has 3 aromatic rings. The number of imidazole rings is 1. The van der Waals surface area contributed by atoms with Crippen LogP contribution >= 0.6 is 0 Å². The summed E-state index contributed by atoms with van der Waals surface area (Å²) in [6.07, 6.45) is 3.10. The van der Waals surface area contributed by atoms with E-state index in [1.807, 2.05) is 0 Å². The minimum atomic E-state index is -1.62. The van der Waals surface area contributed by atoms with E-state index in [0.29, 0.717) is 22.6 Å². The molecule has 0 saturated heterocycles. The third-order valence-electron chi connectivity index (χ3n) is 3.91. The molecule has 1 aromatic heterocycles. The highest BCUT2D eigenvalue weighted by Crippen LogP contribution is 2.28. The first-order valence-electron chi connectivity index (χ1n) is 8.28. The Labute approximate surface area is 163 Å². The quantitative estimate of drug-likeness (QED) is 0.383. The zero-order valence-corrected chi connectivity index (χ0v) is 15.4. The van der Waals surface area contributed by atoms with Crippen molar-refractivity contribution in [2.75, 3.05) is 12.8 Å². The van der Waals surface area contributed by atoms with Gasteiger partial charge in [-0.25, -0.2) is 18.4 Å². The van der Waals surface area contributed by atoms with Crippen molar-refractivity contribution < 1.29 is 27.0 Å². The van der Waals surface area contributed by atoms with Crippen molar-refractivity contribution in [3.8, 4) is 11.5 Å². The molecule has 6 nitrogen and oxygen atoms in total. The number of anilines is 1. The maximum atomic E-state index is 13.8. The molecule has 29 heavy (non-hydrogen) atoms. The standard InChI is InChI=1S/C19H16F4N4O2/c1-10-8-27(19(24)26-10)25-7-11-3-4-15(28-2)12(5-11)9-29-18-16(22)13(20)6-14(21)17(18)23/h3-8H,9H2,1-2H3,(H2,24,26). The van der Waals surface area contributed by atoms with E-state index in [1.165, 1.54) is 18.0 Å². The van der Waals surface area contributed by atoms with Crippen molar-refractivity contribution in [2.45, 2.75) is 13.5 Å². The third-order valence-corrected chi connectivity index (χ3v) is 3.91. The van der Waals surface area contributed by atoms with Crippen molar-refractivity contribution in [1.82, 2.24) is 9.66 Å². The first-order valence-corrected chi connectivity index (χ1v) is 8.28. The Morgan fingerprint density at radius 3 is 2.41 bits per heavy atom. The number of hydrogen-bond acceptors (Lipinski definition) is 5. The van der Waals surface area contributed by atoms with Crippen molar-refractivity contribution in [2.24, 2.45) is 5.10 Å². The fraction of sp³-hybridized carbons (Fsp3) is 0.158. The van der Waals surface area contributed by atoms with Crippen molar-refractivity contribution in [3.63, 3.8) is 0 Å². The third kappa shape index (κ3) is 4.31. The van der Waals surface area contributed by atoms with Crippen LogP contribution in [-0.4, -0.2) is 23.0 Å². The Morgan fingerprint density at radius 2 is 1.83 bits per heavy atom. The van der Waals surface area contributed by atoms with Gasteiger partial charge in [0.15, 0.2) is 17.4 Å². The van der Waals surface area contributed by atoms with Crippen LogP contribution in [0.15, 0.2) is 35.6 Å². The fourth-order valence-corrected chi connectivity index (χ4v) is 2.54. The molecular weight excluding hydrogens is 392 g/mol. The summed E-state index contributed by atoms with van der Waals surface area (Å²) in [5, 5.41) is 4.17. The minimum absolute atomic E-state index is 0.110. The number of ether oxygens (including phenoxy) is 2. The number of aryl methyl sites for hydroxylation is 1. The van der Waals surface area contributed by atoms with E-state index in [2.05, 4.69) is 10.1 Å². The Hall–Kier alpha value is -3.56. The summed E-state index contributed by atoms with van der Waals surface area (Å²) >= 11 is 0. The van der Waals surface area contributed by atoms with E-state index in [9.17, 15) is 17.6 Å². The number of rotatable bonds is 6. The van der Waals surface area contributed by atoms with Crippen LogP contribution in [0.2, 0.25) is 0 Å². The van der Waals surface area contributed by atoms with E-state index in [4.69, 9.17) is 15.2 Å². The predicted molar refractivity (Wildman–Crippen MR) is 98.0 cm³/mol. The number of methoxy groups -OCH3 is 1. The van der Waals surface area contributed by atoms with Gasteiger partial charge in [0.05, 0.1) is 25.2 Å². The van der Waals surface area contributed by atoms with E-state index in [0.717, 1.165) is 0 Å².